The molecule has 0 bridgehead atoms. The zero-order valence-electron chi connectivity index (χ0n) is 15.9. The van der Waals surface area contributed by atoms with Crippen molar-refractivity contribution in [2.75, 3.05) is 5.75 Å². The Morgan fingerprint density at radius 3 is 2.56 bits per heavy atom. The van der Waals surface area contributed by atoms with Gasteiger partial charge in [-0.15, -0.1) is 0 Å². The highest BCUT2D eigenvalue weighted by atomic mass is 32.2. The summed E-state index contributed by atoms with van der Waals surface area (Å²) < 4.78 is 0. The van der Waals surface area contributed by atoms with Gasteiger partial charge in [0.2, 0.25) is 0 Å². The van der Waals surface area contributed by atoms with Crippen LogP contribution in [-0.4, -0.2) is 32.8 Å². The Morgan fingerprint density at radius 1 is 1.36 bits per heavy atom. The van der Waals surface area contributed by atoms with Crippen LogP contribution in [0.15, 0.2) is 23.2 Å². The summed E-state index contributed by atoms with van der Waals surface area (Å²) in [6.45, 7) is 10.9. The number of non-ortho nitro benzene ring substituents is 1. The smallest absolute Gasteiger partial charge is 0.269 e. The van der Waals surface area contributed by atoms with Gasteiger partial charge in [0, 0.05) is 30.0 Å². The molecule has 1 heterocycles. The summed E-state index contributed by atoms with van der Waals surface area (Å²) in [4.78, 5) is 18.0. The van der Waals surface area contributed by atoms with E-state index in [1.54, 1.807) is 18.2 Å². The van der Waals surface area contributed by atoms with Crippen molar-refractivity contribution in [2.24, 2.45) is 10.9 Å². The Balaban J connectivity index is 2.34. The van der Waals surface area contributed by atoms with E-state index >= 15 is 0 Å². The summed E-state index contributed by atoms with van der Waals surface area (Å²) >= 11 is 1.82. The van der Waals surface area contributed by atoms with Crippen LogP contribution in [0.25, 0.3) is 0 Å². The topological polar surface area (TPSA) is 58.7 Å². The lowest BCUT2D eigenvalue weighted by Crippen LogP contribution is -2.42. The van der Waals surface area contributed by atoms with Gasteiger partial charge < -0.3 is 4.90 Å². The highest BCUT2D eigenvalue weighted by molar-refractivity contribution is 8.14. The van der Waals surface area contributed by atoms with Crippen LogP contribution in [-0.2, 0) is 0 Å². The van der Waals surface area contributed by atoms with Crippen molar-refractivity contribution in [1.82, 2.24) is 4.90 Å². The SMILES string of the molecule is CCC(CC)N1C(=Nc2ccc([N+](=O)[O-])cc2C)SC[C@@H]1CC(C)C. The molecule has 1 saturated heterocycles. The number of hydrogen-bond acceptors (Lipinski definition) is 4. The number of amidine groups is 1. The first-order valence-electron chi connectivity index (χ1n) is 9.12. The maximum absolute atomic E-state index is 10.9. The van der Waals surface area contributed by atoms with Crippen molar-refractivity contribution in [1.29, 1.82) is 0 Å². The minimum atomic E-state index is -0.358. The number of thioether (sulfide) groups is 1. The zero-order chi connectivity index (χ0) is 18.6. The van der Waals surface area contributed by atoms with Gasteiger partial charge in [-0.1, -0.05) is 39.5 Å². The fourth-order valence-electron chi connectivity index (χ4n) is 3.42. The van der Waals surface area contributed by atoms with E-state index in [4.69, 9.17) is 4.99 Å². The van der Waals surface area contributed by atoms with Crippen LogP contribution >= 0.6 is 11.8 Å². The molecule has 25 heavy (non-hydrogen) atoms. The number of nitrogens with zero attached hydrogens (tertiary/aromatic N) is 3. The molecule has 1 aromatic rings. The van der Waals surface area contributed by atoms with E-state index in [9.17, 15) is 10.1 Å². The fourth-order valence-corrected chi connectivity index (χ4v) is 4.66. The van der Waals surface area contributed by atoms with Gasteiger partial charge in [0.05, 0.1) is 10.6 Å². The average molecular weight is 364 g/mol. The van der Waals surface area contributed by atoms with Crippen molar-refractivity contribution in [3.63, 3.8) is 0 Å². The molecule has 0 N–H and O–H groups in total. The lowest BCUT2D eigenvalue weighted by molar-refractivity contribution is -0.384. The number of rotatable bonds is 7. The second-order valence-electron chi connectivity index (χ2n) is 7.09. The molecule has 0 saturated carbocycles. The van der Waals surface area contributed by atoms with Crippen LogP contribution in [0.5, 0.6) is 0 Å². The maximum atomic E-state index is 10.9. The summed E-state index contributed by atoms with van der Waals surface area (Å²) in [5.41, 5.74) is 1.79. The van der Waals surface area contributed by atoms with E-state index in [0.717, 1.165) is 35.0 Å². The maximum Gasteiger partial charge on any atom is 0.269 e. The average Bonchev–Trinajstić information content (AvgIpc) is 2.92. The van der Waals surface area contributed by atoms with E-state index in [0.29, 0.717) is 18.0 Å². The van der Waals surface area contributed by atoms with Gasteiger partial charge >= 0.3 is 0 Å². The second kappa shape index (κ2) is 8.70. The predicted molar refractivity (Wildman–Crippen MR) is 107 cm³/mol. The van der Waals surface area contributed by atoms with Crippen molar-refractivity contribution in [3.05, 3.63) is 33.9 Å². The molecule has 1 aliphatic rings. The number of hydrogen-bond donors (Lipinski definition) is 0. The van der Waals surface area contributed by atoms with E-state index in [1.807, 2.05) is 18.7 Å². The number of nitro benzene ring substituents is 1. The lowest BCUT2D eigenvalue weighted by atomic mass is 10.0. The van der Waals surface area contributed by atoms with Crippen LogP contribution in [0.1, 0.15) is 52.5 Å². The standard InChI is InChI=1S/C19H29N3O2S/c1-6-15(7-2)21-17(10-13(3)4)12-25-19(21)20-18-9-8-16(22(23)24)11-14(18)5/h8-9,11,13,15,17H,6-7,10,12H2,1-5H3/t17-/m0/s1. The molecule has 1 fully saturated rings. The first-order chi connectivity index (χ1) is 11.9. The first-order valence-corrected chi connectivity index (χ1v) is 10.1. The van der Waals surface area contributed by atoms with Gasteiger partial charge in [-0.05, 0) is 43.7 Å². The normalized spacial score (nSPS) is 19.4. The molecule has 1 aliphatic heterocycles. The van der Waals surface area contributed by atoms with E-state index in [1.165, 1.54) is 6.42 Å². The summed E-state index contributed by atoms with van der Waals surface area (Å²) in [5, 5.41) is 12.0. The molecule has 0 unspecified atom stereocenters. The molecule has 5 nitrogen and oxygen atoms in total. The van der Waals surface area contributed by atoms with Gasteiger partial charge in [0.15, 0.2) is 5.17 Å². The highest BCUT2D eigenvalue weighted by Gasteiger charge is 2.34. The summed E-state index contributed by atoms with van der Waals surface area (Å²) in [7, 11) is 0. The van der Waals surface area contributed by atoms with Gasteiger partial charge in [0.25, 0.3) is 5.69 Å². The van der Waals surface area contributed by atoms with Crippen LogP contribution in [0, 0.1) is 23.0 Å². The molecule has 0 spiro atoms. The third-order valence-corrected chi connectivity index (χ3v) is 5.82. The van der Waals surface area contributed by atoms with Gasteiger partial charge in [-0.25, -0.2) is 4.99 Å². The van der Waals surface area contributed by atoms with Crippen LogP contribution in [0.3, 0.4) is 0 Å². The molecule has 0 aromatic heterocycles. The zero-order valence-corrected chi connectivity index (χ0v) is 16.7. The lowest BCUT2D eigenvalue weighted by Gasteiger charge is -2.34. The third-order valence-electron chi connectivity index (χ3n) is 4.71. The third kappa shape index (κ3) is 4.75. The Kier molecular flexibility index (Phi) is 6.87. The monoisotopic (exact) mass is 363 g/mol. The highest BCUT2D eigenvalue weighted by Crippen LogP contribution is 2.34. The quantitative estimate of drug-likeness (QED) is 0.471. The van der Waals surface area contributed by atoms with Gasteiger partial charge in [-0.2, -0.15) is 0 Å². The first kappa shape index (κ1) is 19.8. The van der Waals surface area contributed by atoms with Crippen molar-refractivity contribution in [2.45, 2.75) is 66.0 Å². The Bertz CT molecular complexity index is 642. The Labute approximate surface area is 155 Å². The fraction of sp³-hybridized carbons (Fsp3) is 0.632. The molecule has 0 amide bonds. The predicted octanol–water partition coefficient (Wildman–Crippen LogP) is 5.54. The van der Waals surface area contributed by atoms with Crippen molar-refractivity contribution in [3.8, 4) is 0 Å². The Hall–Kier alpha value is -1.56. The molecule has 1 aromatic carbocycles. The van der Waals surface area contributed by atoms with Gasteiger partial charge in [-0.3, -0.25) is 10.1 Å². The summed E-state index contributed by atoms with van der Waals surface area (Å²) in [6.07, 6.45) is 3.37. The van der Waals surface area contributed by atoms with Crippen molar-refractivity contribution >= 4 is 28.3 Å². The van der Waals surface area contributed by atoms with Gasteiger partial charge in [0.1, 0.15) is 0 Å². The number of aryl methyl sites for hydroxylation is 1. The van der Waals surface area contributed by atoms with Crippen LogP contribution in [0.4, 0.5) is 11.4 Å². The number of nitro groups is 1. The van der Waals surface area contributed by atoms with E-state index in [-0.39, 0.29) is 10.6 Å². The second-order valence-corrected chi connectivity index (χ2v) is 8.08. The molecule has 2 rings (SSSR count). The largest absolute Gasteiger partial charge is 0.344 e. The number of benzene rings is 1. The van der Waals surface area contributed by atoms with E-state index < -0.39 is 0 Å². The van der Waals surface area contributed by atoms with Crippen LogP contribution < -0.4 is 0 Å². The molecule has 0 radical (unpaired) electrons. The van der Waals surface area contributed by atoms with E-state index in [2.05, 4.69) is 32.6 Å². The van der Waals surface area contributed by atoms with Crippen molar-refractivity contribution < 1.29 is 4.92 Å². The molecule has 0 aliphatic carbocycles. The molecule has 6 heteroatoms. The molecular weight excluding hydrogens is 334 g/mol. The summed E-state index contributed by atoms with van der Waals surface area (Å²) in [6, 6.07) is 5.93. The Morgan fingerprint density at radius 2 is 2.04 bits per heavy atom. The summed E-state index contributed by atoms with van der Waals surface area (Å²) in [5.74, 6) is 1.72. The molecule has 138 valence electrons. The molecular formula is C19H29N3O2S. The minimum Gasteiger partial charge on any atom is -0.344 e. The molecule has 1 atom stereocenters. The van der Waals surface area contributed by atoms with Crippen LogP contribution in [0.2, 0.25) is 0 Å². The number of aliphatic imine (C=N–C) groups is 1. The minimum absolute atomic E-state index is 0.120.